The standard InChI is InChI=1S/C20H30N2O3/c1-4-25-20(24)18-11-8-12-21(14-18)15-19(23)22(16(2)3)13-17-9-6-5-7-10-17/h5-7,9-10,16,18H,4,8,11-15H2,1-3H3. The summed E-state index contributed by atoms with van der Waals surface area (Å²) in [5.41, 5.74) is 1.13. The van der Waals surface area contributed by atoms with Gasteiger partial charge in [-0.3, -0.25) is 14.5 Å². The molecule has 0 saturated carbocycles. The predicted molar refractivity (Wildman–Crippen MR) is 97.9 cm³/mol. The first-order valence-corrected chi connectivity index (χ1v) is 9.23. The van der Waals surface area contributed by atoms with Crippen LogP contribution in [-0.4, -0.2) is 54.0 Å². The van der Waals surface area contributed by atoms with Gasteiger partial charge >= 0.3 is 5.97 Å². The van der Waals surface area contributed by atoms with Crippen LogP contribution in [0.25, 0.3) is 0 Å². The summed E-state index contributed by atoms with van der Waals surface area (Å²) in [5.74, 6) is -0.129. The van der Waals surface area contributed by atoms with Gasteiger partial charge in [0.2, 0.25) is 5.91 Å². The Morgan fingerprint density at radius 3 is 2.64 bits per heavy atom. The van der Waals surface area contributed by atoms with Crippen LogP contribution in [0.3, 0.4) is 0 Å². The van der Waals surface area contributed by atoms with Crippen molar-refractivity contribution >= 4 is 11.9 Å². The highest BCUT2D eigenvalue weighted by atomic mass is 16.5. The highest BCUT2D eigenvalue weighted by molar-refractivity contribution is 5.79. The highest BCUT2D eigenvalue weighted by Crippen LogP contribution is 2.18. The van der Waals surface area contributed by atoms with Gasteiger partial charge in [-0.05, 0) is 45.7 Å². The molecule has 5 heteroatoms. The minimum absolute atomic E-state index is 0.108. The minimum Gasteiger partial charge on any atom is -0.466 e. The Morgan fingerprint density at radius 2 is 2.00 bits per heavy atom. The van der Waals surface area contributed by atoms with E-state index < -0.39 is 0 Å². The van der Waals surface area contributed by atoms with Gasteiger partial charge < -0.3 is 9.64 Å². The zero-order valence-electron chi connectivity index (χ0n) is 15.6. The van der Waals surface area contributed by atoms with Gasteiger partial charge in [0.1, 0.15) is 0 Å². The van der Waals surface area contributed by atoms with Crippen LogP contribution in [0.1, 0.15) is 39.2 Å². The molecule has 1 atom stereocenters. The van der Waals surface area contributed by atoms with E-state index in [0.717, 1.165) is 24.9 Å². The molecule has 1 aliphatic heterocycles. The van der Waals surface area contributed by atoms with Crippen LogP contribution in [0.15, 0.2) is 30.3 Å². The largest absolute Gasteiger partial charge is 0.466 e. The smallest absolute Gasteiger partial charge is 0.310 e. The first-order chi connectivity index (χ1) is 12.0. The second-order valence-electron chi connectivity index (χ2n) is 6.93. The maximum Gasteiger partial charge on any atom is 0.310 e. The quantitative estimate of drug-likeness (QED) is 0.712. The Labute approximate surface area is 150 Å². The minimum atomic E-state index is -0.135. The molecule has 1 fully saturated rings. The first kappa shape index (κ1) is 19.4. The molecule has 2 rings (SSSR count). The van der Waals surface area contributed by atoms with Crippen molar-refractivity contribution in [3.63, 3.8) is 0 Å². The van der Waals surface area contributed by atoms with Gasteiger partial charge in [0.15, 0.2) is 0 Å². The summed E-state index contributed by atoms with van der Waals surface area (Å²) in [5, 5.41) is 0. The van der Waals surface area contributed by atoms with E-state index in [2.05, 4.69) is 4.90 Å². The van der Waals surface area contributed by atoms with E-state index in [1.165, 1.54) is 0 Å². The zero-order valence-corrected chi connectivity index (χ0v) is 15.6. The molecule has 1 heterocycles. The molecule has 1 aliphatic rings. The maximum atomic E-state index is 12.8. The van der Waals surface area contributed by atoms with Crippen molar-refractivity contribution in [2.24, 2.45) is 5.92 Å². The van der Waals surface area contributed by atoms with Crippen molar-refractivity contribution in [1.29, 1.82) is 0 Å². The molecular formula is C20H30N2O3. The maximum absolute atomic E-state index is 12.8. The van der Waals surface area contributed by atoms with Crippen LogP contribution >= 0.6 is 0 Å². The van der Waals surface area contributed by atoms with Crippen molar-refractivity contribution in [2.75, 3.05) is 26.2 Å². The van der Waals surface area contributed by atoms with Crippen molar-refractivity contribution in [3.8, 4) is 0 Å². The number of ether oxygens (including phenoxy) is 1. The number of hydrogen-bond acceptors (Lipinski definition) is 4. The molecule has 0 N–H and O–H groups in total. The average molecular weight is 346 g/mol. The molecule has 5 nitrogen and oxygen atoms in total. The number of carbonyl (C=O) groups is 2. The van der Waals surface area contributed by atoms with Crippen LogP contribution < -0.4 is 0 Å². The fraction of sp³-hybridized carbons (Fsp3) is 0.600. The Hall–Kier alpha value is -1.88. The van der Waals surface area contributed by atoms with Gasteiger partial charge in [-0.25, -0.2) is 0 Å². The van der Waals surface area contributed by atoms with E-state index in [9.17, 15) is 9.59 Å². The van der Waals surface area contributed by atoms with Gasteiger partial charge in [0.25, 0.3) is 0 Å². The van der Waals surface area contributed by atoms with Gasteiger partial charge in [-0.1, -0.05) is 30.3 Å². The van der Waals surface area contributed by atoms with Crippen molar-refractivity contribution in [1.82, 2.24) is 9.80 Å². The number of nitrogens with zero attached hydrogens (tertiary/aromatic N) is 2. The molecule has 1 aromatic carbocycles. The number of carbonyl (C=O) groups excluding carboxylic acids is 2. The summed E-state index contributed by atoms with van der Waals surface area (Å²) in [7, 11) is 0. The van der Waals surface area contributed by atoms with Gasteiger partial charge in [-0.2, -0.15) is 0 Å². The molecule has 1 unspecified atom stereocenters. The van der Waals surface area contributed by atoms with Crippen LogP contribution in [0.5, 0.6) is 0 Å². The van der Waals surface area contributed by atoms with Crippen molar-refractivity contribution in [2.45, 2.75) is 46.2 Å². The first-order valence-electron chi connectivity index (χ1n) is 9.23. The Bertz CT molecular complexity index is 559. The number of benzene rings is 1. The summed E-state index contributed by atoms with van der Waals surface area (Å²) in [6.07, 6.45) is 1.78. The topological polar surface area (TPSA) is 49.9 Å². The van der Waals surface area contributed by atoms with Crippen LogP contribution in [0.4, 0.5) is 0 Å². The molecule has 0 aromatic heterocycles. The fourth-order valence-electron chi connectivity index (χ4n) is 3.27. The van der Waals surface area contributed by atoms with E-state index >= 15 is 0 Å². The van der Waals surface area contributed by atoms with E-state index in [0.29, 0.717) is 26.2 Å². The molecule has 0 spiro atoms. The lowest BCUT2D eigenvalue weighted by molar-refractivity contribution is -0.151. The van der Waals surface area contributed by atoms with Gasteiger partial charge in [-0.15, -0.1) is 0 Å². The SMILES string of the molecule is CCOC(=O)C1CCCN(CC(=O)N(Cc2ccccc2)C(C)C)C1. The Balaban J connectivity index is 1.94. The normalized spacial score (nSPS) is 18.2. The van der Waals surface area contributed by atoms with E-state index in [4.69, 9.17) is 4.74 Å². The lowest BCUT2D eigenvalue weighted by Gasteiger charge is -2.34. The predicted octanol–water partition coefficient (Wildman–Crippen LogP) is 2.70. The third-order valence-electron chi connectivity index (χ3n) is 4.62. The molecule has 1 saturated heterocycles. The van der Waals surface area contributed by atoms with E-state index in [-0.39, 0.29) is 23.8 Å². The molecule has 1 amide bonds. The van der Waals surface area contributed by atoms with Gasteiger partial charge in [0, 0.05) is 19.1 Å². The monoisotopic (exact) mass is 346 g/mol. The summed E-state index contributed by atoms with van der Waals surface area (Å²) in [6, 6.07) is 10.2. The lowest BCUT2D eigenvalue weighted by Crippen LogP contribution is -2.47. The number of amides is 1. The Kier molecular flexibility index (Phi) is 7.44. The molecular weight excluding hydrogens is 316 g/mol. The summed E-state index contributed by atoms with van der Waals surface area (Å²) < 4.78 is 5.14. The van der Waals surface area contributed by atoms with Gasteiger partial charge in [0.05, 0.1) is 19.1 Å². The average Bonchev–Trinajstić information content (AvgIpc) is 2.60. The third-order valence-corrected chi connectivity index (χ3v) is 4.62. The summed E-state index contributed by atoms with van der Waals surface area (Å²) in [6.45, 7) is 8.77. The number of hydrogen-bond donors (Lipinski definition) is 0. The van der Waals surface area contributed by atoms with Crippen molar-refractivity contribution < 1.29 is 14.3 Å². The fourth-order valence-corrected chi connectivity index (χ4v) is 3.27. The molecule has 138 valence electrons. The molecule has 0 aliphatic carbocycles. The number of likely N-dealkylation sites (tertiary alicyclic amines) is 1. The van der Waals surface area contributed by atoms with Crippen LogP contribution in [0.2, 0.25) is 0 Å². The van der Waals surface area contributed by atoms with Crippen LogP contribution in [0, 0.1) is 5.92 Å². The molecule has 0 radical (unpaired) electrons. The number of rotatable bonds is 7. The second kappa shape index (κ2) is 9.56. The Morgan fingerprint density at radius 1 is 1.28 bits per heavy atom. The van der Waals surface area contributed by atoms with E-state index in [1.807, 2.05) is 56.0 Å². The highest BCUT2D eigenvalue weighted by Gasteiger charge is 2.29. The molecule has 1 aromatic rings. The lowest BCUT2D eigenvalue weighted by atomic mass is 9.98. The number of piperidine rings is 1. The summed E-state index contributed by atoms with van der Waals surface area (Å²) >= 11 is 0. The van der Waals surface area contributed by atoms with E-state index in [1.54, 1.807) is 0 Å². The number of esters is 1. The summed E-state index contributed by atoms with van der Waals surface area (Å²) in [4.78, 5) is 28.8. The third kappa shape index (κ3) is 5.85. The van der Waals surface area contributed by atoms with Crippen molar-refractivity contribution in [3.05, 3.63) is 35.9 Å². The van der Waals surface area contributed by atoms with Crippen LogP contribution in [-0.2, 0) is 20.9 Å². The zero-order chi connectivity index (χ0) is 18.2. The second-order valence-corrected chi connectivity index (χ2v) is 6.93. The molecule has 0 bridgehead atoms. The molecule has 25 heavy (non-hydrogen) atoms.